The van der Waals surface area contributed by atoms with Crippen LogP contribution >= 0.6 is 0 Å². The molecule has 1 aromatic carbocycles. The van der Waals surface area contributed by atoms with Crippen molar-refractivity contribution in [1.29, 1.82) is 0 Å². The monoisotopic (exact) mass is 288 g/mol. The van der Waals surface area contributed by atoms with E-state index in [-0.39, 0.29) is 30.4 Å². The molecule has 4 N–H and O–H groups in total. The predicted molar refractivity (Wildman–Crippen MR) is 73.5 cm³/mol. The van der Waals surface area contributed by atoms with Crippen molar-refractivity contribution in [2.45, 2.75) is 4.90 Å². The summed E-state index contributed by atoms with van der Waals surface area (Å²) in [5.74, 6) is -0.0730. The van der Waals surface area contributed by atoms with Gasteiger partial charge < -0.3 is 15.9 Å². The van der Waals surface area contributed by atoms with Crippen LogP contribution in [0.2, 0.25) is 0 Å². The molecule has 0 fully saturated rings. The van der Waals surface area contributed by atoms with Crippen molar-refractivity contribution in [1.82, 2.24) is 4.90 Å². The lowest BCUT2D eigenvalue weighted by Crippen LogP contribution is -2.34. The molecule has 0 heterocycles. The van der Waals surface area contributed by atoms with Crippen LogP contribution in [0.4, 0.5) is 5.69 Å². The summed E-state index contributed by atoms with van der Waals surface area (Å²) >= 11 is 0. The largest absolute Gasteiger partial charge is 0.399 e. The van der Waals surface area contributed by atoms with Crippen LogP contribution in [0.5, 0.6) is 0 Å². The van der Waals surface area contributed by atoms with Crippen LogP contribution in [-0.2, 0) is 9.84 Å². The minimum atomic E-state index is -3.40. The first kappa shape index (κ1) is 15.9. The van der Waals surface area contributed by atoms with Gasteiger partial charge in [-0.25, -0.2) is 8.42 Å². The molecular weight excluding hydrogens is 268 g/mol. The fourth-order valence-electron chi connectivity index (χ4n) is 1.69. The van der Waals surface area contributed by atoms with Gasteiger partial charge >= 0.3 is 0 Å². The van der Waals surface area contributed by atoms with Crippen LogP contribution in [0, 0.1) is 0 Å². The lowest BCUT2D eigenvalue weighted by molar-refractivity contribution is 0.167. The Morgan fingerprint density at radius 1 is 1.11 bits per heavy atom. The first-order valence-electron chi connectivity index (χ1n) is 6.02. The maximum absolute atomic E-state index is 12.1. The van der Waals surface area contributed by atoms with Crippen LogP contribution in [0.3, 0.4) is 0 Å². The topological polar surface area (TPSA) is 104 Å². The summed E-state index contributed by atoms with van der Waals surface area (Å²) < 4.78 is 24.2. The summed E-state index contributed by atoms with van der Waals surface area (Å²) in [5, 5.41) is 17.7. The Morgan fingerprint density at radius 2 is 1.74 bits per heavy atom. The molecule has 0 aliphatic heterocycles. The first-order chi connectivity index (χ1) is 8.99. The average Bonchev–Trinajstić information content (AvgIpc) is 2.37. The number of benzene rings is 1. The Bertz CT molecular complexity index is 484. The predicted octanol–water partition coefficient (Wildman–Crippen LogP) is -0.671. The molecular formula is C12H20N2O4S. The Labute approximate surface area is 113 Å². The Hall–Kier alpha value is -1.15. The standard InChI is InChI=1S/C12H20N2O4S/c13-11-2-1-3-12(10-11)19(17,18)9-6-14(4-7-15)5-8-16/h1-3,10,15-16H,4-9,13H2. The van der Waals surface area contributed by atoms with Gasteiger partial charge in [-0.15, -0.1) is 0 Å². The zero-order chi connectivity index (χ0) is 14.3. The molecule has 0 saturated heterocycles. The third kappa shape index (κ3) is 5.15. The van der Waals surface area contributed by atoms with Crippen molar-refractivity contribution in [2.24, 2.45) is 0 Å². The van der Waals surface area contributed by atoms with E-state index in [4.69, 9.17) is 15.9 Å². The number of hydrogen-bond donors (Lipinski definition) is 3. The molecule has 0 aliphatic rings. The molecule has 0 aromatic heterocycles. The van der Waals surface area contributed by atoms with E-state index in [2.05, 4.69) is 0 Å². The number of nitrogens with zero attached hydrogens (tertiary/aromatic N) is 1. The zero-order valence-electron chi connectivity index (χ0n) is 10.7. The summed E-state index contributed by atoms with van der Waals surface area (Å²) in [6.45, 7) is 0.801. The lowest BCUT2D eigenvalue weighted by atomic mass is 10.3. The molecule has 6 nitrogen and oxygen atoms in total. The van der Waals surface area contributed by atoms with E-state index < -0.39 is 9.84 Å². The van der Waals surface area contributed by atoms with Gasteiger partial charge in [-0.1, -0.05) is 6.07 Å². The van der Waals surface area contributed by atoms with E-state index in [1.807, 2.05) is 0 Å². The van der Waals surface area contributed by atoms with Crippen molar-refractivity contribution in [3.8, 4) is 0 Å². The van der Waals surface area contributed by atoms with Crippen molar-refractivity contribution >= 4 is 15.5 Å². The summed E-state index contributed by atoms with van der Waals surface area (Å²) in [4.78, 5) is 1.89. The average molecular weight is 288 g/mol. The van der Waals surface area contributed by atoms with Crippen molar-refractivity contribution < 1.29 is 18.6 Å². The van der Waals surface area contributed by atoms with Crippen molar-refractivity contribution in [3.63, 3.8) is 0 Å². The van der Waals surface area contributed by atoms with Gasteiger partial charge in [-0.2, -0.15) is 0 Å². The van der Waals surface area contributed by atoms with E-state index in [0.29, 0.717) is 18.8 Å². The molecule has 0 bridgehead atoms. The van der Waals surface area contributed by atoms with E-state index in [1.54, 1.807) is 17.0 Å². The highest BCUT2D eigenvalue weighted by Crippen LogP contribution is 2.14. The van der Waals surface area contributed by atoms with E-state index >= 15 is 0 Å². The molecule has 0 atom stereocenters. The van der Waals surface area contributed by atoms with Gasteiger partial charge in [0, 0.05) is 25.3 Å². The number of aliphatic hydroxyl groups excluding tert-OH is 2. The summed E-state index contributed by atoms with van der Waals surface area (Å²) in [7, 11) is -3.40. The highest BCUT2D eigenvalue weighted by molar-refractivity contribution is 7.91. The Kier molecular flexibility index (Phi) is 6.23. The molecule has 0 amide bonds. The number of rotatable bonds is 8. The SMILES string of the molecule is Nc1cccc(S(=O)(=O)CCN(CCO)CCO)c1. The number of sulfone groups is 1. The first-order valence-corrected chi connectivity index (χ1v) is 7.67. The minimum Gasteiger partial charge on any atom is -0.399 e. The maximum Gasteiger partial charge on any atom is 0.179 e. The Morgan fingerprint density at radius 3 is 2.26 bits per heavy atom. The van der Waals surface area contributed by atoms with Crippen LogP contribution < -0.4 is 5.73 Å². The number of anilines is 1. The summed E-state index contributed by atoms with van der Waals surface area (Å²) in [6, 6.07) is 6.16. The summed E-state index contributed by atoms with van der Waals surface area (Å²) in [6.07, 6.45) is 0. The van der Waals surface area contributed by atoms with Gasteiger partial charge in [0.05, 0.1) is 23.9 Å². The smallest absolute Gasteiger partial charge is 0.179 e. The van der Waals surface area contributed by atoms with Crippen LogP contribution in [0.1, 0.15) is 0 Å². The van der Waals surface area contributed by atoms with Gasteiger partial charge in [-0.3, -0.25) is 4.90 Å². The van der Waals surface area contributed by atoms with Gasteiger partial charge in [0.1, 0.15) is 0 Å². The normalized spacial score (nSPS) is 11.9. The maximum atomic E-state index is 12.1. The molecule has 0 unspecified atom stereocenters. The van der Waals surface area contributed by atoms with Crippen LogP contribution in [-0.4, -0.2) is 62.1 Å². The minimum absolute atomic E-state index is 0.0711. The van der Waals surface area contributed by atoms with Gasteiger partial charge in [0.2, 0.25) is 0 Å². The van der Waals surface area contributed by atoms with E-state index in [9.17, 15) is 8.42 Å². The van der Waals surface area contributed by atoms with Crippen molar-refractivity contribution in [2.75, 3.05) is 44.3 Å². The van der Waals surface area contributed by atoms with Crippen LogP contribution in [0.15, 0.2) is 29.2 Å². The second-order valence-electron chi connectivity index (χ2n) is 4.18. The van der Waals surface area contributed by atoms with Crippen LogP contribution in [0.25, 0.3) is 0 Å². The Balaban J connectivity index is 2.69. The molecule has 0 radical (unpaired) electrons. The molecule has 0 aliphatic carbocycles. The van der Waals surface area contributed by atoms with E-state index in [1.165, 1.54) is 12.1 Å². The van der Waals surface area contributed by atoms with Gasteiger partial charge in [0.25, 0.3) is 0 Å². The molecule has 108 valence electrons. The molecule has 0 spiro atoms. The van der Waals surface area contributed by atoms with Gasteiger partial charge in [-0.05, 0) is 18.2 Å². The van der Waals surface area contributed by atoms with E-state index in [0.717, 1.165) is 0 Å². The lowest BCUT2D eigenvalue weighted by Gasteiger charge is -2.19. The molecule has 7 heteroatoms. The quantitative estimate of drug-likeness (QED) is 0.548. The number of nitrogen functional groups attached to an aromatic ring is 1. The molecule has 1 aromatic rings. The zero-order valence-corrected chi connectivity index (χ0v) is 11.5. The highest BCUT2D eigenvalue weighted by atomic mass is 32.2. The van der Waals surface area contributed by atoms with Gasteiger partial charge in [0.15, 0.2) is 9.84 Å². The molecule has 19 heavy (non-hydrogen) atoms. The molecule has 0 saturated carbocycles. The third-order valence-electron chi connectivity index (χ3n) is 2.73. The molecule has 1 rings (SSSR count). The fraction of sp³-hybridized carbons (Fsp3) is 0.500. The second-order valence-corrected chi connectivity index (χ2v) is 6.29. The summed E-state index contributed by atoms with van der Waals surface area (Å²) in [5.41, 5.74) is 5.97. The van der Waals surface area contributed by atoms with Crippen molar-refractivity contribution in [3.05, 3.63) is 24.3 Å². The third-order valence-corrected chi connectivity index (χ3v) is 4.42. The highest BCUT2D eigenvalue weighted by Gasteiger charge is 2.16. The second kappa shape index (κ2) is 7.44. The number of aliphatic hydroxyl groups is 2. The fourth-order valence-corrected chi connectivity index (χ4v) is 3.03. The number of nitrogens with two attached hydrogens (primary N) is 1. The number of hydrogen-bond acceptors (Lipinski definition) is 6.